The Hall–Kier alpha value is -1.58. The normalized spacial score (nSPS) is 9.20. The zero-order valence-corrected chi connectivity index (χ0v) is 5.15. The Morgan fingerprint density at radius 3 is 2.40 bits per heavy atom. The van der Waals surface area contributed by atoms with Crippen LogP contribution in [0.4, 0.5) is 11.4 Å². The fraction of sp³-hybridized carbons (Fsp3) is 0. The first-order chi connectivity index (χ1) is 4.72. The van der Waals surface area contributed by atoms with E-state index in [0.29, 0.717) is 0 Å². The van der Waals surface area contributed by atoms with Gasteiger partial charge in [-0.1, -0.05) is 12.1 Å². The molecule has 0 saturated heterocycles. The van der Waals surface area contributed by atoms with Crippen molar-refractivity contribution in [2.45, 2.75) is 0 Å². The highest BCUT2D eigenvalue weighted by molar-refractivity contribution is 5.57. The molecule has 4 nitrogen and oxygen atoms in total. The molecule has 0 atom stereocenters. The van der Waals surface area contributed by atoms with Gasteiger partial charge in [0.25, 0.3) is 5.69 Å². The second kappa shape index (κ2) is 2.34. The van der Waals surface area contributed by atoms with Crippen molar-refractivity contribution in [3.63, 3.8) is 0 Å². The van der Waals surface area contributed by atoms with Crippen molar-refractivity contribution in [3.05, 3.63) is 34.4 Å². The molecule has 0 saturated carbocycles. The van der Waals surface area contributed by atoms with Gasteiger partial charge in [-0.05, 0) is 6.07 Å². The van der Waals surface area contributed by atoms with Gasteiger partial charge >= 0.3 is 0 Å². The highest BCUT2D eigenvalue weighted by Crippen LogP contribution is 2.18. The number of hydrogen-bond donors (Lipinski definition) is 1. The molecule has 2 N–H and O–H groups in total. The zero-order valence-electron chi connectivity index (χ0n) is 5.15. The summed E-state index contributed by atoms with van der Waals surface area (Å²) in [5, 5.41) is 10.1. The Labute approximate surface area is 57.4 Å². The molecule has 0 bridgehead atoms. The van der Waals surface area contributed by atoms with Crippen LogP contribution in [-0.4, -0.2) is 4.92 Å². The lowest BCUT2D eigenvalue weighted by atomic mass is 12.1. The molecule has 0 radical (unpaired) electrons. The summed E-state index contributed by atoms with van der Waals surface area (Å²) < 4.78 is 0. The number of nitrogens with two attached hydrogens (primary N) is 1. The summed E-state index contributed by atoms with van der Waals surface area (Å²) in [5.41, 5.74) is 5.44. The predicted octanol–water partition coefficient (Wildman–Crippen LogP) is 1.18. The van der Waals surface area contributed by atoms with E-state index in [1.54, 1.807) is 12.1 Å². The lowest BCUT2D eigenvalue weighted by Gasteiger charge is -1.92. The minimum Gasteiger partial charge on any atom is -0.393 e. The minimum absolute atomic E-state index is 0.0394. The zero-order chi connectivity index (χ0) is 7.56. The molecular formula is C6H6N2O2. The monoisotopic (exact) mass is 150 g/mol. The first-order valence-electron chi connectivity index (χ1n) is 2.70. The molecular weight excluding hydrogens is 144 g/mol. The van der Waals surface area contributed by atoms with Crippen LogP contribution in [-0.2, 0) is 0 Å². The summed E-state index contributed by atoms with van der Waals surface area (Å²) in [6, 6.07) is 6.10. The smallest absolute Gasteiger partial charge is 0.292 e. The van der Waals surface area contributed by atoms with E-state index in [4.69, 9.17) is 5.73 Å². The van der Waals surface area contributed by atoms with E-state index < -0.39 is 4.92 Å². The van der Waals surface area contributed by atoms with Gasteiger partial charge in [-0.3, -0.25) is 10.1 Å². The van der Waals surface area contributed by atoms with E-state index in [1.807, 2.05) is 0 Å². The van der Waals surface area contributed by atoms with Crippen LogP contribution < -0.4 is 5.73 Å². The Kier molecular flexibility index (Phi) is 1.53. The van der Waals surface area contributed by atoms with E-state index in [2.05, 4.69) is 0 Å². The van der Waals surface area contributed by atoms with Gasteiger partial charge in [-0.15, -0.1) is 0 Å². The largest absolute Gasteiger partial charge is 0.393 e. The maximum atomic E-state index is 10.1. The van der Waals surface area contributed by atoms with E-state index in [0.717, 1.165) is 0 Å². The number of benzene rings is 1. The van der Waals surface area contributed by atoms with Crippen LogP contribution in [0.3, 0.4) is 0 Å². The highest BCUT2D eigenvalue weighted by Gasteiger charge is 2.07. The number of anilines is 1. The molecule has 10 heavy (non-hydrogen) atoms. The molecule has 1 aromatic carbocycles. The Morgan fingerprint density at radius 1 is 1.40 bits per heavy atom. The second-order valence-corrected chi connectivity index (χ2v) is 1.82. The van der Waals surface area contributed by atoms with Gasteiger partial charge in [0.1, 0.15) is 5.69 Å². The van der Waals surface area contributed by atoms with E-state index in [1.165, 1.54) is 12.1 Å². The molecule has 0 unspecified atom stereocenters. The summed E-state index contributed by atoms with van der Waals surface area (Å²) in [6.07, 6.45) is 0. The number of nitro benzene ring substituents is 1. The van der Waals surface area contributed by atoms with Gasteiger partial charge in [-0.2, -0.15) is 0 Å². The van der Waals surface area contributed by atoms with Crippen molar-refractivity contribution in [3.8, 4) is 0 Å². The summed E-state index contributed by atoms with van der Waals surface area (Å²) >= 11 is 0. The quantitative estimate of drug-likeness (QED) is 0.371. The summed E-state index contributed by atoms with van der Waals surface area (Å²) in [7, 11) is 0. The van der Waals surface area contributed by atoms with E-state index >= 15 is 0 Å². The van der Waals surface area contributed by atoms with Gasteiger partial charge in [-0.25, -0.2) is 0 Å². The third-order valence-electron chi connectivity index (χ3n) is 1.13. The number of nitrogens with zero attached hydrogens (tertiary/aromatic N) is 1. The molecule has 0 aromatic heterocycles. The fourth-order valence-electron chi connectivity index (χ4n) is 0.654. The van der Waals surface area contributed by atoms with Crippen LogP contribution in [0.5, 0.6) is 0 Å². The molecule has 0 aliphatic heterocycles. The lowest BCUT2D eigenvalue weighted by molar-refractivity contribution is -0.383. The van der Waals surface area contributed by atoms with Crippen molar-refractivity contribution in [1.82, 2.24) is 0 Å². The molecule has 0 aliphatic rings. The maximum Gasteiger partial charge on any atom is 0.292 e. The number of nitrogen functional groups attached to an aromatic ring is 1. The van der Waals surface area contributed by atoms with E-state index in [9.17, 15) is 10.1 Å². The molecule has 4 heteroatoms. The predicted molar refractivity (Wildman–Crippen MR) is 37.5 cm³/mol. The van der Waals surface area contributed by atoms with Gasteiger partial charge in [0.05, 0.1) is 4.92 Å². The van der Waals surface area contributed by atoms with Crippen molar-refractivity contribution >= 4 is 11.4 Å². The van der Waals surface area contributed by atoms with Crippen molar-refractivity contribution in [1.29, 1.82) is 0 Å². The van der Waals surface area contributed by atoms with Crippen LogP contribution in [0.2, 0.25) is 0 Å². The van der Waals surface area contributed by atoms with Gasteiger partial charge in [0, 0.05) is 6.07 Å². The molecule has 0 aliphatic carbocycles. The maximum absolute atomic E-state index is 10.1. The average Bonchev–Trinajstić information content (AvgIpc) is 1.88. The van der Waals surface area contributed by atoms with Crippen molar-refractivity contribution < 1.29 is 4.92 Å². The average molecular weight is 150 g/mol. The van der Waals surface area contributed by atoms with Crippen LogP contribution >= 0.6 is 0 Å². The molecule has 0 amide bonds. The molecule has 1 aromatic rings. The van der Waals surface area contributed by atoms with Crippen molar-refractivity contribution in [2.75, 3.05) is 5.73 Å². The first-order valence-corrected chi connectivity index (χ1v) is 2.70. The standard InChI is InChI=1S/C6H6N2O2/c7-5-3-1-2-4-6(5)8(9)10/h1-4H,7H2/i1+2,2+2,3+2,4+2,5+2,6+2. The first kappa shape index (κ1) is 6.54. The van der Waals surface area contributed by atoms with Gasteiger partial charge in [0.2, 0.25) is 0 Å². The summed E-state index contributed by atoms with van der Waals surface area (Å²) in [4.78, 5) is 9.64. The SMILES string of the molecule is N[14c]1[14cH][14cH][14cH][14cH][14c]1[N+](=O)[O-]. The summed E-state index contributed by atoms with van der Waals surface area (Å²) in [6.45, 7) is 0. The highest BCUT2D eigenvalue weighted by atomic mass is 16.7. The topological polar surface area (TPSA) is 69.2 Å². The van der Waals surface area contributed by atoms with E-state index in [-0.39, 0.29) is 11.4 Å². The van der Waals surface area contributed by atoms with Gasteiger partial charge in [0.15, 0.2) is 0 Å². The minimum atomic E-state index is -0.505. The number of para-hydroxylation sites is 2. The Bertz CT molecular complexity index is 260. The molecule has 0 spiro atoms. The molecule has 0 fully saturated rings. The number of rotatable bonds is 1. The Balaban J connectivity index is 3.15. The Morgan fingerprint density at radius 2 is 2.00 bits per heavy atom. The third-order valence-corrected chi connectivity index (χ3v) is 1.13. The third kappa shape index (κ3) is 1.05. The number of hydrogen-bond acceptors (Lipinski definition) is 3. The summed E-state index contributed by atoms with van der Waals surface area (Å²) in [5.74, 6) is 0. The molecule has 52 valence electrons. The van der Waals surface area contributed by atoms with Crippen molar-refractivity contribution in [2.24, 2.45) is 0 Å². The second-order valence-electron chi connectivity index (χ2n) is 1.82. The van der Waals surface area contributed by atoms with Crippen LogP contribution in [0.25, 0.3) is 0 Å². The van der Waals surface area contributed by atoms with Crippen LogP contribution in [0.1, 0.15) is 0 Å². The number of nitro groups is 1. The lowest BCUT2D eigenvalue weighted by Crippen LogP contribution is -1.93. The fourth-order valence-corrected chi connectivity index (χ4v) is 0.654. The van der Waals surface area contributed by atoms with Crippen LogP contribution in [0.15, 0.2) is 24.3 Å². The molecule has 1 rings (SSSR count). The van der Waals surface area contributed by atoms with Gasteiger partial charge < -0.3 is 5.73 Å². The molecule has 0 heterocycles. The van der Waals surface area contributed by atoms with Crippen LogP contribution in [0, 0.1) is 10.1 Å².